The lowest BCUT2D eigenvalue weighted by Crippen LogP contribution is -2.34. The molecule has 0 saturated carbocycles. The topological polar surface area (TPSA) is 67.2 Å². The molecule has 2 amide bonds. The van der Waals surface area contributed by atoms with Crippen molar-refractivity contribution in [3.8, 4) is 0 Å². The van der Waals surface area contributed by atoms with Crippen molar-refractivity contribution < 1.29 is 9.59 Å². The van der Waals surface area contributed by atoms with Gasteiger partial charge in [0.2, 0.25) is 11.8 Å². The van der Waals surface area contributed by atoms with Gasteiger partial charge in [-0.1, -0.05) is 40.9 Å². The third-order valence-corrected chi connectivity index (χ3v) is 5.34. The first kappa shape index (κ1) is 23.2. The van der Waals surface area contributed by atoms with E-state index in [1.807, 2.05) is 32.0 Å². The number of nitrogens with zero attached hydrogens (tertiary/aromatic N) is 3. The molecule has 2 aromatic rings. The van der Waals surface area contributed by atoms with Gasteiger partial charge in [0.25, 0.3) is 0 Å². The van der Waals surface area contributed by atoms with E-state index >= 15 is 0 Å². The van der Waals surface area contributed by atoms with Gasteiger partial charge in [0.15, 0.2) is 0 Å². The molecule has 0 unspecified atom stereocenters. The lowest BCUT2D eigenvalue weighted by atomic mass is 10.2. The Bertz CT molecular complexity index is 924. The van der Waals surface area contributed by atoms with Gasteiger partial charge in [-0.3, -0.25) is 14.3 Å². The van der Waals surface area contributed by atoms with E-state index in [0.717, 1.165) is 46.4 Å². The molecule has 29 heavy (non-hydrogen) atoms. The number of likely N-dealkylation sites (N-methyl/N-ethyl adjacent to an activating group) is 1. The van der Waals surface area contributed by atoms with Crippen LogP contribution >= 0.6 is 27.5 Å². The minimum absolute atomic E-state index is 0.0544. The van der Waals surface area contributed by atoms with E-state index in [2.05, 4.69) is 33.3 Å². The summed E-state index contributed by atoms with van der Waals surface area (Å²) in [5.41, 5.74) is 3.14. The first-order valence-electron chi connectivity index (χ1n) is 9.45. The summed E-state index contributed by atoms with van der Waals surface area (Å²) >= 11 is 9.78. The highest BCUT2D eigenvalue weighted by molar-refractivity contribution is 9.10. The second-order valence-corrected chi connectivity index (χ2v) is 8.18. The summed E-state index contributed by atoms with van der Waals surface area (Å²) in [5, 5.41) is 7.77. The molecule has 1 aromatic carbocycles. The third kappa shape index (κ3) is 6.44. The van der Waals surface area contributed by atoms with Crippen LogP contribution in [0.25, 0.3) is 6.08 Å². The van der Waals surface area contributed by atoms with Crippen LogP contribution in [0.5, 0.6) is 0 Å². The van der Waals surface area contributed by atoms with Crippen molar-refractivity contribution in [2.45, 2.75) is 40.2 Å². The van der Waals surface area contributed by atoms with Crippen LogP contribution in [-0.4, -0.2) is 40.1 Å². The normalized spacial score (nSPS) is 11.1. The molecule has 156 valence electrons. The largest absolute Gasteiger partial charge is 0.333 e. The van der Waals surface area contributed by atoms with E-state index in [-0.39, 0.29) is 18.4 Å². The van der Waals surface area contributed by atoms with Gasteiger partial charge >= 0.3 is 0 Å². The Morgan fingerprint density at radius 2 is 2.07 bits per heavy atom. The summed E-state index contributed by atoms with van der Waals surface area (Å²) < 4.78 is 2.69. The van der Waals surface area contributed by atoms with Gasteiger partial charge in [-0.05, 0) is 50.1 Å². The highest BCUT2D eigenvalue weighted by atomic mass is 79.9. The van der Waals surface area contributed by atoms with Crippen molar-refractivity contribution >= 4 is 51.1 Å². The standard InChI is InChI=1S/C21H26BrClN4O2/c1-5-6-11-27-21(23)17(15(3)25-27)8-10-20(29)26(4)13-19(28)24-18-9-7-16(22)12-14(18)2/h7-10,12H,5-6,11,13H2,1-4H3,(H,24,28)/b10-8+. The molecular formula is C21H26BrClN4O2. The average molecular weight is 482 g/mol. The molecule has 0 atom stereocenters. The van der Waals surface area contributed by atoms with E-state index in [1.165, 1.54) is 11.0 Å². The number of anilines is 1. The first-order chi connectivity index (χ1) is 13.7. The number of aryl methyl sites for hydroxylation is 3. The number of carbonyl (C=O) groups is 2. The maximum Gasteiger partial charge on any atom is 0.246 e. The van der Waals surface area contributed by atoms with Crippen molar-refractivity contribution in [2.75, 3.05) is 18.9 Å². The van der Waals surface area contributed by atoms with Crippen molar-refractivity contribution in [1.82, 2.24) is 14.7 Å². The Balaban J connectivity index is 1.98. The molecular weight excluding hydrogens is 456 g/mol. The molecule has 8 heteroatoms. The van der Waals surface area contributed by atoms with Crippen LogP contribution in [0.4, 0.5) is 5.69 Å². The zero-order chi connectivity index (χ0) is 21.6. The fourth-order valence-corrected chi connectivity index (χ4v) is 3.54. The summed E-state index contributed by atoms with van der Waals surface area (Å²) in [7, 11) is 1.58. The van der Waals surface area contributed by atoms with Gasteiger partial charge in [0, 0.05) is 35.4 Å². The number of hydrogen-bond donors (Lipinski definition) is 1. The molecule has 0 aliphatic carbocycles. The molecule has 1 aromatic heterocycles. The molecule has 2 rings (SSSR count). The number of carbonyl (C=O) groups excluding carboxylic acids is 2. The van der Waals surface area contributed by atoms with Gasteiger partial charge in [0.05, 0.1) is 12.2 Å². The van der Waals surface area contributed by atoms with E-state index < -0.39 is 0 Å². The number of hydrogen-bond acceptors (Lipinski definition) is 3. The Hall–Kier alpha value is -2.12. The Kier molecular flexibility index (Phi) is 8.46. The SMILES string of the molecule is CCCCn1nc(C)c(/C=C/C(=O)N(C)CC(=O)Nc2ccc(Br)cc2C)c1Cl. The zero-order valence-corrected chi connectivity index (χ0v) is 19.5. The second kappa shape index (κ2) is 10.6. The van der Waals surface area contributed by atoms with Crippen molar-refractivity contribution in [3.63, 3.8) is 0 Å². The molecule has 1 N–H and O–H groups in total. The average Bonchev–Trinajstić information content (AvgIpc) is 2.93. The summed E-state index contributed by atoms with van der Waals surface area (Å²) in [6.07, 6.45) is 5.10. The maximum atomic E-state index is 12.4. The maximum absolute atomic E-state index is 12.4. The molecule has 0 spiro atoms. The summed E-state index contributed by atoms with van der Waals surface area (Å²) in [4.78, 5) is 26.0. The summed E-state index contributed by atoms with van der Waals surface area (Å²) in [5.74, 6) is -0.550. The zero-order valence-electron chi connectivity index (χ0n) is 17.1. The molecule has 0 fully saturated rings. The number of halogens is 2. The van der Waals surface area contributed by atoms with Gasteiger partial charge in [-0.15, -0.1) is 0 Å². The molecule has 0 aliphatic heterocycles. The smallest absolute Gasteiger partial charge is 0.246 e. The Morgan fingerprint density at radius 1 is 1.34 bits per heavy atom. The van der Waals surface area contributed by atoms with Crippen LogP contribution in [-0.2, 0) is 16.1 Å². The molecule has 6 nitrogen and oxygen atoms in total. The van der Waals surface area contributed by atoms with Gasteiger partial charge in [-0.2, -0.15) is 5.10 Å². The fourth-order valence-electron chi connectivity index (χ4n) is 2.74. The van der Waals surface area contributed by atoms with E-state index in [4.69, 9.17) is 11.6 Å². The molecule has 0 saturated heterocycles. The lowest BCUT2D eigenvalue weighted by molar-refractivity contribution is -0.129. The minimum Gasteiger partial charge on any atom is -0.333 e. The van der Waals surface area contributed by atoms with Crippen LogP contribution in [0.3, 0.4) is 0 Å². The van der Waals surface area contributed by atoms with Crippen molar-refractivity contribution in [2.24, 2.45) is 0 Å². The predicted molar refractivity (Wildman–Crippen MR) is 121 cm³/mol. The first-order valence-corrected chi connectivity index (χ1v) is 10.6. The molecule has 0 bridgehead atoms. The highest BCUT2D eigenvalue weighted by Crippen LogP contribution is 2.22. The third-order valence-electron chi connectivity index (χ3n) is 4.44. The number of unbranched alkanes of at least 4 members (excludes halogenated alkanes) is 1. The van der Waals surface area contributed by atoms with E-state index in [9.17, 15) is 9.59 Å². The van der Waals surface area contributed by atoms with Gasteiger partial charge < -0.3 is 10.2 Å². The second-order valence-electron chi connectivity index (χ2n) is 6.90. The van der Waals surface area contributed by atoms with Crippen LogP contribution in [0.2, 0.25) is 5.15 Å². The van der Waals surface area contributed by atoms with E-state index in [1.54, 1.807) is 17.8 Å². The number of aromatic nitrogens is 2. The number of nitrogens with one attached hydrogen (secondary N) is 1. The summed E-state index contributed by atoms with van der Waals surface area (Å²) in [6, 6.07) is 5.59. The molecule has 0 aliphatic rings. The van der Waals surface area contributed by atoms with Crippen molar-refractivity contribution in [1.29, 1.82) is 0 Å². The molecule has 1 heterocycles. The number of amides is 2. The number of rotatable bonds is 8. The Morgan fingerprint density at radius 3 is 2.72 bits per heavy atom. The number of benzene rings is 1. The van der Waals surface area contributed by atoms with Gasteiger partial charge in [0.1, 0.15) is 5.15 Å². The fraction of sp³-hybridized carbons (Fsp3) is 0.381. The summed E-state index contributed by atoms with van der Waals surface area (Å²) in [6.45, 7) is 6.56. The van der Waals surface area contributed by atoms with Gasteiger partial charge in [-0.25, -0.2) is 0 Å². The van der Waals surface area contributed by atoms with Crippen LogP contribution in [0, 0.1) is 13.8 Å². The van der Waals surface area contributed by atoms with Crippen LogP contribution < -0.4 is 5.32 Å². The van der Waals surface area contributed by atoms with E-state index in [0.29, 0.717) is 5.15 Å². The van der Waals surface area contributed by atoms with Crippen molar-refractivity contribution in [3.05, 3.63) is 50.7 Å². The quantitative estimate of drug-likeness (QED) is 0.549. The highest BCUT2D eigenvalue weighted by Gasteiger charge is 2.14. The van der Waals surface area contributed by atoms with Crippen LogP contribution in [0.1, 0.15) is 36.6 Å². The minimum atomic E-state index is -0.288. The van der Waals surface area contributed by atoms with Crippen LogP contribution in [0.15, 0.2) is 28.7 Å². The predicted octanol–water partition coefficient (Wildman–Crippen LogP) is 4.83. The Labute approximate surface area is 185 Å². The monoisotopic (exact) mass is 480 g/mol. The lowest BCUT2D eigenvalue weighted by Gasteiger charge is -2.15. The molecule has 0 radical (unpaired) electrons.